The van der Waals surface area contributed by atoms with Gasteiger partial charge in [-0.2, -0.15) is 0 Å². The van der Waals surface area contributed by atoms with E-state index in [4.69, 9.17) is 10.5 Å². The summed E-state index contributed by atoms with van der Waals surface area (Å²) < 4.78 is 5.28. The van der Waals surface area contributed by atoms with Gasteiger partial charge in [0.2, 0.25) is 0 Å². The second-order valence-electron chi connectivity index (χ2n) is 6.65. The Morgan fingerprint density at radius 3 is 2.55 bits per heavy atom. The number of nitrogens with one attached hydrogen (secondary N) is 1. The summed E-state index contributed by atoms with van der Waals surface area (Å²) in [6.07, 6.45) is 6.73. The Bertz CT molecular complexity index is 437. The topological polar surface area (TPSA) is 47.3 Å². The Balaban J connectivity index is 2.04. The van der Waals surface area contributed by atoms with Crippen molar-refractivity contribution in [2.24, 2.45) is 11.3 Å². The summed E-state index contributed by atoms with van der Waals surface area (Å²) in [5.41, 5.74) is 8.19. The molecule has 0 spiro atoms. The summed E-state index contributed by atoms with van der Waals surface area (Å²) in [7, 11) is 1.68. The predicted octanol–water partition coefficient (Wildman–Crippen LogP) is 4.30. The maximum absolute atomic E-state index is 5.91. The van der Waals surface area contributed by atoms with Crippen LogP contribution in [0.15, 0.2) is 18.2 Å². The van der Waals surface area contributed by atoms with Gasteiger partial charge in [0, 0.05) is 30.1 Å². The standard InChI is InChI=1S/C17H28N2O/c1-13(2)11-17(6-4-5-7-17)12-19-15-8-14(18)9-16(10-15)20-3/h8-10,13,19H,4-7,11-12,18H2,1-3H3. The van der Waals surface area contributed by atoms with Crippen LogP contribution in [-0.2, 0) is 0 Å². The number of ether oxygens (including phenoxy) is 1. The highest BCUT2D eigenvalue weighted by molar-refractivity contribution is 5.59. The molecule has 1 aliphatic rings. The van der Waals surface area contributed by atoms with Crippen LogP contribution in [0.1, 0.15) is 46.0 Å². The van der Waals surface area contributed by atoms with Gasteiger partial charge in [-0.25, -0.2) is 0 Å². The molecule has 0 bridgehead atoms. The second kappa shape index (κ2) is 6.38. The highest BCUT2D eigenvalue weighted by Gasteiger charge is 2.34. The zero-order valence-electron chi connectivity index (χ0n) is 13.0. The lowest BCUT2D eigenvalue weighted by atomic mass is 9.78. The van der Waals surface area contributed by atoms with E-state index in [0.29, 0.717) is 5.41 Å². The highest BCUT2D eigenvalue weighted by atomic mass is 16.5. The summed E-state index contributed by atoms with van der Waals surface area (Å²) >= 11 is 0. The van der Waals surface area contributed by atoms with Crippen molar-refractivity contribution in [3.8, 4) is 5.75 Å². The molecule has 1 aromatic carbocycles. The van der Waals surface area contributed by atoms with E-state index in [1.165, 1.54) is 32.1 Å². The molecule has 3 N–H and O–H groups in total. The Hall–Kier alpha value is -1.38. The lowest BCUT2D eigenvalue weighted by Gasteiger charge is -2.31. The van der Waals surface area contributed by atoms with Gasteiger partial charge in [0.15, 0.2) is 0 Å². The van der Waals surface area contributed by atoms with Crippen molar-refractivity contribution in [3.63, 3.8) is 0 Å². The summed E-state index contributed by atoms with van der Waals surface area (Å²) in [5.74, 6) is 1.57. The van der Waals surface area contributed by atoms with Crippen LogP contribution in [0.25, 0.3) is 0 Å². The van der Waals surface area contributed by atoms with Crippen LogP contribution < -0.4 is 15.8 Å². The first kappa shape index (κ1) is 15.0. The molecule has 0 radical (unpaired) electrons. The number of nitrogens with two attached hydrogens (primary N) is 1. The molecule has 1 saturated carbocycles. The zero-order valence-corrected chi connectivity index (χ0v) is 13.0. The molecule has 0 amide bonds. The van der Waals surface area contributed by atoms with Crippen LogP contribution >= 0.6 is 0 Å². The van der Waals surface area contributed by atoms with Crippen molar-refractivity contribution in [1.29, 1.82) is 0 Å². The predicted molar refractivity (Wildman–Crippen MR) is 86.3 cm³/mol. The largest absolute Gasteiger partial charge is 0.497 e. The molecular formula is C17H28N2O. The van der Waals surface area contributed by atoms with Crippen molar-refractivity contribution in [2.75, 3.05) is 24.7 Å². The molecule has 1 aromatic rings. The van der Waals surface area contributed by atoms with Gasteiger partial charge in [-0.3, -0.25) is 0 Å². The molecule has 0 unspecified atom stereocenters. The minimum atomic E-state index is 0.464. The van der Waals surface area contributed by atoms with Gasteiger partial charge < -0.3 is 15.8 Å². The normalized spacial score (nSPS) is 17.4. The fraction of sp³-hybridized carbons (Fsp3) is 0.647. The molecule has 2 rings (SSSR count). The van der Waals surface area contributed by atoms with Crippen molar-refractivity contribution in [2.45, 2.75) is 46.0 Å². The van der Waals surface area contributed by atoms with Gasteiger partial charge in [-0.1, -0.05) is 26.7 Å². The number of methoxy groups -OCH3 is 1. The molecule has 1 fully saturated rings. The Morgan fingerprint density at radius 2 is 1.95 bits per heavy atom. The number of anilines is 2. The average molecular weight is 276 g/mol. The lowest BCUT2D eigenvalue weighted by molar-refractivity contribution is 0.252. The fourth-order valence-electron chi connectivity index (χ4n) is 3.58. The van der Waals surface area contributed by atoms with Crippen LogP contribution in [0.4, 0.5) is 11.4 Å². The van der Waals surface area contributed by atoms with E-state index >= 15 is 0 Å². The van der Waals surface area contributed by atoms with E-state index in [0.717, 1.165) is 29.6 Å². The van der Waals surface area contributed by atoms with Crippen molar-refractivity contribution >= 4 is 11.4 Å². The Morgan fingerprint density at radius 1 is 1.25 bits per heavy atom. The number of benzene rings is 1. The number of hydrogen-bond donors (Lipinski definition) is 2. The summed E-state index contributed by atoms with van der Waals surface area (Å²) in [4.78, 5) is 0. The minimum absolute atomic E-state index is 0.464. The molecule has 1 aliphatic carbocycles. The quantitative estimate of drug-likeness (QED) is 0.762. The fourth-order valence-corrected chi connectivity index (χ4v) is 3.58. The number of hydrogen-bond acceptors (Lipinski definition) is 3. The highest BCUT2D eigenvalue weighted by Crippen LogP contribution is 2.43. The van der Waals surface area contributed by atoms with E-state index in [1.54, 1.807) is 7.11 Å². The van der Waals surface area contributed by atoms with E-state index in [-0.39, 0.29) is 0 Å². The van der Waals surface area contributed by atoms with E-state index in [1.807, 2.05) is 18.2 Å². The van der Waals surface area contributed by atoms with Gasteiger partial charge >= 0.3 is 0 Å². The molecule has 3 nitrogen and oxygen atoms in total. The monoisotopic (exact) mass is 276 g/mol. The van der Waals surface area contributed by atoms with Gasteiger partial charge in [-0.05, 0) is 36.7 Å². The maximum atomic E-state index is 5.91. The molecule has 0 aliphatic heterocycles. The van der Waals surface area contributed by atoms with E-state index < -0.39 is 0 Å². The molecule has 3 heteroatoms. The Labute approximate surface area is 122 Å². The van der Waals surface area contributed by atoms with Crippen LogP contribution in [0, 0.1) is 11.3 Å². The van der Waals surface area contributed by atoms with E-state index in [2.05, 4.69) is 19.2 Å². The third kappa shape index (κ3) is 3.81. The molecule has 20 heavy (non-hydrogen) atoms. The third-order valence-electron chi connectivity index (χ3n) is 4.34. The average Bonchev–Trinajstić information content (AvgIpc) is 2.84. The second-order valence-corrected chi connectivity index (χ2v) is 6.65. The molecule has 0 aromatic heterocycles. The van der Waals surface area contributed by atoms with Gasteiger partial charge in [0.25, 0.3) is 0 Å². The van der Waals surface area contributed by atoms with Crippen LogP contribution in [0.2, 0.25) is 0 Å². The van der Waals surface area contributed by atoms with Crippen molar-refractivity contribution in [3.05, 3.63) is 18.2 Å². The first-order valence-corrected chi connectivity index (χ1v) is 7.71. The molecule has 0 atom stereocenters. The lowest BCUT2D eigenvalue weighted by Crippen LogP contribution is -2.28. The summed E-state index contributed by atoms with van der Waals surface area (Å²) in [6.45, 7) is 5.69. The van der Waals surface area contributed by atoms with E-state index in [9.17, 15) is 0 Å². The number of rotatable bonds is 6. The molecule has 0 heterocycles. The number of nitrogen functional groups attached to an aromatic ring is 1. The minimum Gasteiger partial charge on any atom is -0.497 e. The first-order valence-electron chi connectivity index (χ1n) is 7.71. The third-order valence-corrected chi connectivity index (χ3v) is 4.34. The first-order chi connectivity index (χ1) is 9.53. The molecule has 112 valence electrons. The van der Waals surface area contributed by atoms with Crippen molar-refractivity contribution < 1.29 is 4.74 Å². The zero-order chi connectivity index (χ0) is 14.6. The van der Waals surface area contributed by atoms with Crippen molar-refractivity contribution in [1.82, 2.24) is 0 Å². The smallest absolute Gasteiger partial charge is 0.122 e. The SMILES string of the molecule is COc1cc(N)cc(NCC2(CC(C)C)CCCC2)c1. The van der Waals surface area contributed by atoms with Gasteiger partial charge in [-0.15, -0.1) is 0 Å². The summed E-state index contributed by atoms with van der Waals surface area (Å²) in [6, 6.07) is 5.86. The van der Waals surface area contributed by atoms with Gasteiger partial charge in [0.1, 0.15) is 5.75 Å². The van der Waals surface area contributed by atoms with Crippen LogP contribution in [0.5, 0.6) is 5.75 Å². The summed E-state index contributed by atoms with van der Waals surface area (Å²) in [5, 5.41) is 3.59. The van der Waals surface area contributed by atoms with Crippen LogP contribution in [-0.4, -0.2) is 13.7 Å². The van der Waals surface area contributed by atoms with Gasteiger partial charge in [0.05, 0.1) is 7.11 Å². The van der Waals surface area contributed by atoms with Crippen LogP contribution in [0.3, 0.4) is 0 Å². The molecule has 0 saturated heterocycles. The molecular weight excluding hydrogens is 248 g/mol. The maximum Gasteiger partial charge on any atom is 0.122 e. The Kier molecular flexibility index (Phi) is 4.79.